The highest BCUT2D eigenvalue weighted by molar-refractivity contribution is 7.13. The van der Waals surface area contributed by atoms with Crippen molar-refractivity contribution in [2.75, 3.05) is 25.1 Å². The summed E-state index contributed by atoms with van der Waals surface area (Å²) in [6.07, 6.45) is -2.90. The highest BCUT2D eigenvalue weighted by atomic mass is 32.1. The molecule has 0 aliphatic carbocycles. The summed E-state index contributed by atoms with van der Waals surface area (Å²) in [5.74, 6) is -0.0786. The Labute approximate surface area is 207 Å². The number of carbonyl (C=O) groups is 1. The van der Waals surface area contributed by atoms with Crippen LogP contribution in [0.5, 0.6) is 5.75 Å². The van der Waals surface area contributed by atoms with Crippen molar-refractivity contribution in [1.82, 2.24) is 20.3 Å². The second-order valence-corrected chi connectivity index (χ2v) is 9.19. The third-order valence-corrected chi connectivity index (χ3v) is 6.58. The molecule has 1 atom stereocenters. The maximum atomic E-state index is 13.3. The zero-order valence-corrected chi connectivity index (χ0v) is 20.0. The van der Waals surface area contributed by atoms with E-state index in [4.69, 9.17) is 14.9 Å². The summed E-state index contributed by atoms with van der Waals surface area (Å²) in [7, 11) is 1.34. The first-order valence-corrected chi connectivity index (χ1v) is 11.8. The number of thiazole rings is 1. The lowest BCUT2D eigenvalue weighted by atomic mass is 10.1. The molecule has 0 spiro atoms. The van der Waals surface area contributed by atoms with Gasteiger partial charge in [0.05, 0.1) is 19.2 Å². The molecule has 0 unspecified atom stereocenters. The van der Waals surface area contributed by atoms with Crippen molar-refractivity contribution in [3.63, 3.8) is 0 Å². The van der Waals surface area contributed by atoms with Gasteiger partial charge in [0.25, 0.3) is 5.91 Å². The number of hydrogen-bond acceptors (Lipinski definition) is 9. The number of oxazole rings is 1. The third-order valence-electron chi connectivity index (χ3n) is 5.75. The minimum Gasteiger partial charge on any atom is -0.494 e. The summed E-state index contributed by atoms with van der Waals surface area (Å²) < 4.78 is 50.8. The van der Waals surface area contributed by atoms with Crippen LogP contribution in [-0.2, 0) is 6.18 Å². The fraction of sp³-hybridized carbons (Fsp3) is 0.304. The lowest BCUT2D eigenvalue weighted by Gasteiger charge is -2.39. The number of rotatable bonds is 6. The summed E-state index contributed by atoms with van der Waals surface area (Å²) in [6, 6.07) is 4.46. The Morgan fingerprint density at radius 2 is 2.06 bits per heavy atom. The predicted molar refractivity (Wildman–Crippen MR) is 127 cm³/mol. The average Bonchev–Trinajstić information content (AvgIpc) is 3.49. The second-order valence-electron chi connectivity index (χ2n) is 8.32. The number of pyridine rings is 1. The maximum Gasteiger partial charge on any atom is 0.433 e. The Hall–Kier alpha value is -3.71. The number of amides is 1. The van der Waals surface area contributed by atoms with Gasteiger partial charge in [0.15, 0.2) is 16.6 Å². The molecule has 3 N–H and O–H groups in total. The first-order valence-electron chi connectivity index (χ1n) is 10.9. The van der Waals surface area contributed by atoms with Crippen LogP contribution in [0.4, 0.5) is 18.3 Å². The van der Waals surface area contributed by atoms with Gasteiger partial charge in [-0.05, 0) is 31.2 Å². The summed E-state index contributed by atoms with van der Waals surface area (Å²) in [4.78, 5) is 27.5. The molecule has 5 rings (SSSR count). The van der Waals surface area contributed by atoms with E-state index in [2.05, 4.69) is 20.3 Å². The van der Waals surface area contributed by atoms with Crippen LogP contribution in [0.2, 0.25) is 0 Å². The van der Waals surface area contributed by atoms with E-state index >= 15 is 0 Å². The van der Waals surface area contributed by atoms with Crippen molar-refractivity contribution in [2.45, 2.75) is 25.2 Å². The molecule has 0 bridgehead atoms. The first-order chi connectivity index (χ1) is 17.2. The standard InChI is InChI=1S/C23H21F3N6O3S/c1-11(27)19-18(20(33)29-12-9-32(10-12)22-28-7-8-36-22)31-21(35-19)14-3-5-15(34-2)17-13(14)4-6-16(30-17)23(24,25)26/h3-8,11-12H,9-10,27H2,1-2H3,(H,29,33)/t11-/m0/s1. The molecule has 1 aromatic carbocycles. The van der Waals surface area contributed by atoms with Gasteiger partial charge < -0.3 is 25.1 Å². The van der Waals surface area contributed by atoms with E-state index < -0.39 is 23.8 Å². The quantitative estimate of drug-likeness (QED) is 0.393. The molecular formula is C23H21F3N6O3S. The largest absolute Gasteiger partial charge is 0.494 e. The van der Waals surface area contributed by atoms with Gasteiger partial charge >= 0.3 is 6.18 Å². The number of nitrogens with zero attached hydrogens (tertiary/aromatic N) is 4. The van der Waals surface area contributed by atoms with Gasteiger partial charge in [-0.1, -0.05) is 0 Å². The number of alkyl halides is 3. The number of ether oxygens (including phenoxy) is 1. The molecule has 3 aromatic heterocycles. The van der Waals surface area contributed by atoms with Crippen LogP contribution >= 0.6 is 11.3 Å². The molecule has 4 heterocycles. The Balaban J connectivity index is 1.46. The van der Waals surface area contributed by atoms with Crippen LogP contribution in [0.25, 0.3) is 22.4 Å². The summed E-state index contributed by atoms with van der Waals surface area (Å²) in [5.41, 5.74) is 5.36. The predicted octanol–water partition coefficient (Wildman–Crippen LogP) is 4.01. The molecule has 1 saturated heterocycles. The Morgan fingerprint density at radius 3 is 2.69 bits per heavy atom. The molecule has 4 aromatic rings. The Bertz CT molecular complexity index is 1410. The SMILES string of the molecule is COc1ccc(-c2nc(C(=O)NC3CN(c4nccs4)C3)c([C@H](C)N)o2)c2ccc(C(F)(F)F)nc12. The highest BCUT2D eigenvalue weighted by Crippen LogP contribution is 2.37. The number of nitrogens with two attached hydrogens (primary N) is 1. The van der Waals surface area contributed by atoms with Gasteiger partial charge in [0, 0.05) is 35.6 Å². The summed E-state index contributed by atoms with van der Waals surface area (Å²) >= 11 is 1.52. The minimum atomic E-state index is -4.62. The van der Waals surface area contributed by atoms with Gasteiger partial charge in [-0.15, -0.1) is 11.3 Å². The molecule has 1 aliphatic heterocycles. The molecule has 0 radical (unpaired) electrons. The van der Waals surface area contributed by atoms with Gasteiger partial charge in [0.1, 0.15) is 17.0 Å². The maximum absolute atomic E-state index is 13.3. The van der Waals surface area contributed by atoms with E-state index in [9.17, 15) is 18.0 Å². The van der Waals surface area contributed by atoms with E-state index in [1.54, 1.807) is 19.2 Å². The molecule has 1 aliphatic rings. The third kappa shape index (κ3) is 4.35. The molecule has 0 saturated carbocycles. The van der Waals surface area contributed by atoms with Crippen LogP contribution in [0.3, 0.4) is 0 Å². The monoisotopic (exact) mass is 518 g/mol. The van der Waals surface area contributed by atoms with E-state index in [1.807, 2.05) is 10.3 Å². The van der Waals surface area contributed by atoms with Crippen LogP contribution in [0.15, 0.2) is 40.3 Å². The Morgan fingerprint density at radius 1 is 1.28 bits per heavy atom. The molecule has 188 valence electrons. The summed E-state index contributed by atoms with van der Waals surface area (Å²) in [6.45, 7) is 2.86. The lowest BCUT2D eigenvalue weighted by Crippen LogP contribution is -2.59. The molecule has 1 amide bonds. The van der Waals surface area contributed by atoms with Crippen molar-refractivity contribution in [3.8, 4) is 17.2 Å². The number of hydrogen-bond donors (Lipinski definition) is 2. The normalized spacial score (nSPS) is 15.1. The number of halogens is 3. The zero-order chi connectivity index (χ0) is 25.6. The number of methoxy groups -OCH3 is 1. The van der Waals surface area contributed by atoms with Gasteiger partial charge in [-0.2, -0.15) is 13.2 Å². The van der Waals surface area contributed by atoms with Crippen molar-refractivity contribution < 1.29 is 27.1 Å². The Kier molecular flexibility index (Phi) is 6.04. The molecule has 13 heteroatoms. The minimum absolute atomic E-state index is 0.00637. The fourth-order valence-electron chi connectivity index (χ4n) is 3.97. The molecule has 1 fully saturated rings. The number of fused-ring (bicyclic) bond motifs is 1. The highest BCUT2D eigenvalue weighted by Gasteiger charge is 2.34. The number of aromatic nitrogens is 3. The van der Waals surface area contributed by atoms with Crippen LogP contribution in [-0.4, -0.2) is 47.1 Å². The lowest BCUT2D eigenvalue weighted by molar-refractivity contribution is -0.140. The van der Waals surface area contributed by atoms with Crippen molar-refractivity contribution in [2.24, 2.45) is 5.73 Å². The van der Waals surface area contributed by atoms with Gasteiger partial charge in [-0.3, -0.25) is 4.79 Å². The zero-order valence-electron chi connectivity index (χ0n) is 19.2. The number of benzene rings is 1. The molecule has 9 nitrogen and oxygen atoms in total. The van der Waals surface area contributed by atoms with Crippen LogP contribution < -0.4 is 20.7 Å². The molecular weight excluding hydrogens is 497 g/mol. The number of anilines is 1. The molecule has 36 heavy (non-hydrogen) atoms. The van der Waals surface area contributed by atoms with Crippen LogP contribution in [0, 0.1) is 0 Å². The fourth-order valence-corrected chi connectivity index (χ4v) is 4.63. The van der Waals surface area contributed by atoms with Gasteiger partial charge in [-0.25, -0.2) is 15.0 Å². The van der Waals surface area contributed by atoms with Crippen molar-refractivity contribution in [3.05, 3.63) is 53.0 Å². The van der Waals surface area contributed by atoms with E-state index in [1.165, 1.54) is 30.6 Å². The van der Waals surface area contributed by atoms with E-state index in [-0.39, 0.29) is 34.7 Å². The number of carbonyl (C=O) groups excluding carboxylic acids is 1. The van der Waals surface area contributed by atoms with E-state index in [0.717, 1.165) is 11.2 Å². The number of nitrogens with one attached hydrogen (secondary N) is 1. The summed E-state index contributed by atoms with van der Waals surface area (Å²) in [5, 5.41) is 6.02. The average molecular weight is 519 g/mol. The van der Waals surface area contributed by atoms with Crippen molar-refractivity contribution in [1.29, 1.82) is 0 Å². The second kappa shape index (κ2) is 9.06. The topological polar surface area (TPSA) is 119 Å². The van der Waals surface area contributed by atoms with Crippen LogP contribution in [0.1, 0.15) is 34.9 Å². The van der Waals surface area contributed by atoms with Crippen molar-refractivity contribution >= 4 is 33.3 Å². The van der Waals surface area contributed by atoms with Gasteiger partial charge in [0.2, 0.25) is 5.89 Å². The smallest absolute Gasteiger partial charge is 0.433 e. The van der Waals surface area contributed by atoms with E-state index in [0.29, 0.717) is 24.0 Å². The first kappa shape index (κ1) is 24.0.